The van der Waals surface area contributed by atoms with Crippen LogP contribution in [0.2, 0.25) is 0 Å². The van der Waals surface area contributed by atoms with E-state index in [2.05, 4.69) is 0 Å². The van der Waals surface area contributed by atoms with E-state index in [1.807, 2.05) is 6.92 Å². The van der Waals surface area contributed by atoms with Crippen LogP contribution >= 0.6 is 0 Å². The summed E-state index contributed by atoms with van der Waals surface area (Å²) in [5, 5.41) is 9.01. The van der Waals surface area contributed by atoms with E-state index >= 15 is 0 Å². The van der Waals surface area contributed by atoms with Crippen LogP contribution in [0.5, 0.6) is 0 Å². The molecule has 1 rings (SSSR count). The Hall–Kier alpha value is -0.610. The first-order valence-electron chi connectivity index (χ1n) is 3.71. The predicted molar refractivity (Wildman–Crippen MR) is 38.5 cm³/mol. The van der Waals surface area contributed by atoms with Crippen LogP contribution in [0.25, 0.3) is 0 Å². The Kier molecular flexibility index (Phi) is 2.46. The number of ether oxygens (including phenoxy) is 1. The molecular weight excluding hydrogens is 146 g/mol. The van der Waals surface area contributed by atoms with Crippen LogP contribution in [0, 0.1) is 5.92 Å². The van der Waals surface area contributed by atoms with Gasteiger partial charge >= 0.3 is 0 Å². The lowest BCUT2D eigenvalue weighted by Gasteiger charge is -2.11. The zero-order chi connectivity index (χ0) is 8.43. The SMILES string of the molecule is C[C@@H]1C[C@@H](O)OC1CC(N)=O. The number of amides is 1. The molecule has 0 spiro atoms. The number of nitrogens with two attached hydrogens (primary N) is 1. The molecule has 64 valence electrons. The van der Waals surface area contributed by atoms with Gasteiger partial charge in [-0.1, -0.05) is 6.92 Å². The maximum absolute atomic E-state index is 10.5. The number of hydrogen-bond donors (Lipinski definition) is 2. The second-order valence-electron chi connectivity index (χ2n) is 3.01. The summed E-state index contributed by atoms with van der Waals surface area (Å²) in [4.78, 5) is 10.5. The Bertz CT molecular complexity index is 160. The Morgan fingerprint density at radius 3 is 2.82 bits per heavy atom. The Balaban J connectivity index is 2.40. The van der Waals surface area contributed by atoms with Crippen LogP contribution in [0.1, 0.15) is 19.8 Å². The van der Waals surface area contributed by atoms with Crippen molar-refractivity contribution < 1.29 is 14.6 Å². The van der Waals surface area contributed by atoms with Crippen molar-refractivity contribution in [1.29, 1.82) is 0 Å². The fraction of sp³-hybridized carbons (Fsp3) is 0.857. The first-order chi connectivity index (χ1) is 5.09. The average molecular weight is 159 g/mol. The summed E-state index contributed by atoms with van der Waals surface area (Å²) in [6.07, 6.45) is -0.104. The van der Waals surface area contributed by atoms with Crippen LogP contribution < -0.4 is 5.73 Å². The number of carbonyl (C=O) groups is 1. The molecule has 4 nitrogen and oxygen atoms in total. The molecular formula is C7H13NO3. The molecule has 0 saturated carbocycles. The zero-order valence-corrected chi connectivity index (χ0v) is 6.49. The third-order valence-electron chi connectivity index (χ3n) is 1.94. The molecule has 1 heterocycles. The van der Waals surface area contributed by atoms with Crippen LogP contribution in [-0.2, 0) is 9.53 Å². The van der Waals surface area contributed by atoms with Gasteiger partial charge in [-0.05, 0) is 5.92 Å². The normalized spacial score (nSPS) is 37.5. The van der Waals surface area contributed by atoms with Crippen molar-refractivity contribution in [3.63, 3.8) is 0 Å². The zero-order valence-electron chi connectivity index (χ0n) is 6.49. The summed E-state index contributed by atoms with van der Waals surface area (Å²) >= 11 is 0. The van der Waals surface area contributed by atoms with Gasteiger partial charge in [0.25, 0.3) is 0 Å². The summed E-state index contributed by atoms with van der Waals surface area (Å²) in [5.41, 5.74) is 4.98. The molecule has 0 aromatic heterocycles. The highest BCUT2D eigenvalue weighted by Crippen LogP contribution is 2.26. The molecule has 0 bridgehead atoms. The molecule has 1 fully saturated rings. The van der Waals surface area contributed by atoms with Gasteiger partial charge in [0, 0.05) is 6.42 Å². The summed E-state index contributed by atoms with van der Waals surface area (Å²) in [7, 11) is 0. The standard InChI is InChI=1S/C7H13NO3/c1-4-2-7(10)11-5(4)3-6(8)9/h4-5,7,10H,2-3H2,1H3,(H2,8,9)/t4-,5?,7+/m1/s1. The van der Waals surface area contributed by atoms with Crippen LogP contribution in [-0.4, -0.2) is 23.4 Å². The second-order valence-corrected chi connectivity index (χ2v) is 3.01. The van der Waals surface area contributed by atoms with Crippen molar-refractivity contribution in [3.8, 4) is 0 Å². The van der Waals surface area contributed by atoms with Gasteiger partial charge in [0.2, 0.25) is 5.91 Å². The van der Waals surface area contributed by atoms with Crippen LogP contribution in [0.4, 0.5) is 0 Å². The number of aliphatic hydroxyl groups is 1. The lowest BCUT2D eigenvalue weighted by Crippen LogP contribution is -2.23. The average Bonchev–Trinajstić information content (AvgIpc) is 2.09. The molecule has 1 aliphatic heterocycles. The van der Waals surface area contributed by atoms with Gasteiger partial charge in [-0.25, -0.2) is 0 Å². The summed E-state index contributed by atoms with van der Waals surface area (Å²) in [6, 6.07) is 0. The number of rotatable bonds is 2. The van der Waals surface area contributed by atoms with Crippen molar-refractivity contribution in [2.75, 3.05) is 0 Å². The highest BCUT2D eigenvalue weighted by atomic mass is 16.6. The van der Waals surface area contributed by atoms with Gasteiger partial charge in [-0.2, -0.15) is 0 Å². The van der Waals surface area contributed by atoms with E-state index in [0.29, 0.717) is 6.42 Å². The van der Waals surface area contributed by atoms with Gasteiger partial charge < -0.3 is 15.6 Å². The molecule has 4 heteroatoms. The van der Waals surface area contributed by atoms with E-state index in [1.165, 1.54) is 0 Å². The predicted octanol–water partition coefficient (Wildman–Crippen LogP) is -0.395. The first kappa shape index (κ1) is 8.49. The van der Waals surface area contributed by atoms with E-state index in [9.17, 15) is 4.79 Å². The quantitative estimate of drug-likeness (QED) is 0.576. The molecule has 3 N–H and O–H groups in total. The molecule has 0 radical (unpaired) electrons. The topological polar surface area (TPSA) is 72.6 Å². The fourth-order valence-corrected chi connectivity index (χ4v) is 1.31. The second kappa shape index (κ2) is 3.19. The third-order valence-corrected chi connectivity index (χ3v) is 1.94. The number of primary amides is 1. The highest BCUT2D eigenvalue weighted by Gasteiger charge is 2.31. The molecule has 1 unspecified atom stereocenters. The molecule has 1 amide bonds. The van der Waals surface area contributed by atoms with E-state index in [0.717, 1.165) is 0 Å². The van der Waals surface area contributed by atoms with Gasteiger partial charge in [-0.15, -0.1) is 0 Å². The van der Waals surface area contributed by atoms with Crippen molar-refractivity contribution in [3.05, 3.63) is 0 Å². The minimum atomic E-state index is -0.714. The number of hydrogen-bond acceptors (Lipinski definition) is 3. The Morgan fingerprint density at radius 2 is 2.45 bits per heavy atom. The summed E-state index contributed by atoms with van der Waals surface area (Å²) < 4.78 is 5.04. The molecule has 1 saturated heterocycles. The van der Waals surface area contributed by atoms with E-state index < -0.39 is 6.29 Å². The fourth-order valence-electron chi connectivity index (χ4n) is 1.31. The number of aliphatic hydroxyl groups excluding tert-OH is 1. The van der Waals surface area contributed by atoms with Crippen LogP contribution in [0.3, 0.4) is 0 Å². The minimum Gasteiger partial charge on any atom is -0.370 e. The smallest absolute Gasteiger partial charge is 0.220 e. The minimum absolute atomic E-state index is 0.192. The van der Waals surface area contributed by atoms with E-state index in [1.54, 1.807) is 0 Å². The van der Waals surface area contributed by atoms with Crippen molar-refractivity contribution >= 4 is 5.91 Å². The first-order valence-corrected chi connectivity index (χ1v) is 3.71. The van der Waals surface area contributed by atoms with Gasteiger partial charge in [0.05, 0.1) is 12.5 Å². The van der Waals surface area contributed by atoms with Crippen molar-refractivity contribution in [2.45, 2.75) is 32.2 Å². The maximum Gasteiger partial charge on any atom is 0.220 e. The Labute approximate surface area is 65.3 Å². The lowest BCUT2D eigenvalue weighted by molar-refractivity contribution is -0.126. The van der Waals surface area contributed by atoms with Gasteiger partial charge in [-0.3, -0.25) is 4.79 Å². The molecule has 0 aromatic rings. The number of carbonyl (C=O) groups excluding carboxylic acids is 1. The molecule has 1 aliphatic rings. The van der Waals surface area contributed by atoms with E-state index in [4.69, 9.17) is 15.6 Å². The monoisotopic (exact) mass is 159 g/mol. The highest BCUT2D eigenvalue weighted by molar-refractivity contribution is 5.74. The molecule has 0 aliphatic carbocycles. The Morgan fingerprint density at radius 1 is 1.82 bits per heavy atom. The lowest BCUT2D eigenvalue weighted by atomic mass is 10.0. The summed E-state index contributed by atoms with van der Waals surface area (Å²) in [5.74, 6) is -0.159. The van der Waals surface area contributed by atoms with Crippen molar-refractivity contribution in [1.82, 2.24) is 0 Å². The molecule has 11 heavy (non-hydrogen) atoms. The molecule has 0 aromatic carbocycles. The van der Waals surface area contributed by atoms with Crippen LogP contribution in [0.15, 0.2) is 0 Å². The van der Waals surface area contributed by atoms with E-state index in [-0.39, 0.29) is 24.3 Å². The molecule has 3 atom stereocenters. The largest absolute Gasteiger partial charge is 0.370 e. The van der Waals surface area contributed by atoms with Gasteiger partial charge in [0.1, 0.15) is 0 Å². The third kappa shape index (κ3) is 2.17. The van der Waals surface area contributed by atoms with Crippen molar-refractivity contribution in [2.24, 2.45) is 11.7 Å². The summed E-state index contributed by atoms with van der Waals surface area (Å²) in [6.45, 7) is 1.93. The van der Waals surface area contributed by atoms with Gasteiger partial charge in [0.15, 0.2) is 6.29 Å². The maximum atomic E-state index is 10.5.